The topological polar surface area (TPSA) is 657 Å². The SMILES string of the molecule is CC[C@H](C)C(NC(=O)[C@@H](NC(=O)C(CO)NC(=O)[C@H](CCCCN)NC(=O)C(CCCNC(=N)N)NC(=O)[C@H](Cc1ccccc1)NC(=O)[C@H](Cc1ccccc1)NC(=O)CCCCn1[nH]c2c1CC[C@H]1[C@@H](CC2)[C@@H]1COC(=O)NC(C(=O)I)C(C)C)[C@@H](C)CC)C(=O)N[C@@H](CC(N)=O)C(=O)N[C@@H](Cc1ccccc1)C(=O)N[C@@H](CCC(=O)O)C(=O)NC(CCCCN)C(=O)N[C@H](C=O)CC(C)C. The monoisotopic (exact) mass is 2040 g/mol. The number of alkyl carbamates (subject to hydrolysis) is 1. The van der Waals surface area contributed by atoms with Crippen LogP contribution in [-0.2, 0) is 120 Å². The fourth-order valence-electron chi connectivity index (χ4n) is 16.6. The van der Waals surface area contributed by atoms with Gasteiger partial charge in [-0.25, -0.2) is 4.79 Å². The average Bonchev–Trinajstić information content (AvgIpc) is 1.60. The maximum Gasteiger partial charge on any atom is 0.407 e. The number of carboxylic acid groups (broad SMARTS) is 1. The van der Waals surface area contributed by atoms with Crippen molar-refractivity contribution in [2.24, 2.45) is 64.4 Å². The number of H-pyrrole nitrogens is 1. The van der Waals surface area contributed by atoms with Gasteiger partial charge in [0.25, 0.3) is 0 Å². The highest BCUT2D eigenvalue weighted by atomic mass is 127. The second-order valence-corrected chi connectivity index (χ2v) is 37.7. The standard InChI is InChI=1S/C96H146IN21O20/c1-9-57(7)81(93(135)112-74(51-77(100)121)91(133)111-73(50-61-31-18-13-19-32-61)90(132)109-70(40-42-79(123)124)87(129)106-67(33-20-23-43-98)84(126)104-62(52-119)47-55(3)4)115-94(136)82(58(8)10-2)114-92(134)75(53-120)113-86(128)68(34-21-24-44-99)107-85(127)69(35-26-45-103-95(101)102)108-89(131)72(49-60-29-16-12-17-30-60)110-88(130)71(48-59-27-14-11-15-28-59)105-78(122)36-22-25-46-118-76-41-38-64-63(37-39-66(76)117-118)65(64)54-138-96(137)116-80(56(5)6)83(97)125/h11-19,27-32,52,55-58,62-65,67-75,80-82,117,120H,9-10,20-26,33-51,53-54,98-99H2,1-8H3,(H2,100,121)(H,104,126)(H,105,122)(H,106,129)(H,107,127)(H,108,131)(H,109,132)(H,110,130)(H,111,133)(H,112,135)(H,113,128)(H,114,134)(H,115,136)(H,116,137)(H,123,124)(H4,101,102,103)/t57-,58-,62-,63+,64-,65-,67?,68-,69?,70-,71-,72-,73-,74-,75?,80?,81?,82-/m0/s1. The van der Waals surface area contributed by atoms with Gasteiger partial charge < -0.3 is 122 Å². The van der Waals surface area contributed by atoms with Gasteiger partial charge in [0.2, 0.25) is 80.6 Å². The van der Waals surface area contributed by atoms with Crippen LogP contribution in [0.25, 0.3) is 0 Å². The Morgan fingerprint density at radius 2 is 0.906 bits per heavy atom. The number of nitrogens with zero attached hydrogens (tertiary/aromatic N) is 1. The van der Waals surface area contributed by atoms with Gasteiger partial charge in [-0.15, -0.1) is 0 Å². The van der Waals surface area contributed by atoms with Crippen molar-refractivity contribution in [1.29, 1.82) is 5.41 Å². The van der Waals surface area contributed by atoms with Crippen molar-refractivity contribution in [2.75, 3.05) is 32.8 Å². The highest BCUT2D eigenvalue weighted by Gasteiger charge is 2.51. The van der Waals surface area contributed by atoms with Gasteiger partial charge in [0.1, 0.15) is 78.8 Å². The predicted molar refractivity (Wildman–Crippen MR) is 523 cm³/mol. The van der Waals surface area contributed by atoms with Gasteiger partial charge in [0.05, 0.1) is 37.1 Å². The van der Waals surface area contributed by atoms with Crippen LogP contribution in [0.2, 0.25) is 0 Å². The van der Waals surface area contributed by atoms with Crippen molar-refractivity contribution in [3.05, 3.63) is 119 Å². The summed E-state index contributed by atoms with van der Waals surface area (Å²) in [6.07, 6.45) is 4.06. The van der Waals surface area contributed by atoms with E-state index in [0.717, 1.165) is 25.7 Å². The number of aliphatic hydroxyl groups is 1. The van der Waals surface area contributed by atoms with Gasteiger partial charge in [-0.05, 0) is 174 Å². The number of aryl methyl sites for hydroxylation is 2. The molecule has 1 fully saturated rings. The number of nitrogens with two attached hydrogens (primary N) is 4. The van der Waals surface area contributed by atoms with E-state index in [1.165, 1.54) is 11.4 Å². The Hall–Kier alpha value is -11.9. The van der Waals surface area contributed by atoms with Crippen LogP contribution in [0.1, 0.15) is 205 Å². The highest BCUT2D eigenvalue weighted by molar-refractivity contribution is 14.1. The minimum absolute atomic E-state index is 0.00780. The molecule has 0 radical (unpaired) electrons. The van der Waals surface area contributed by atoms with Gasteiger partial charge in [-0.2, -0.15) is 0 Å². The van der Waals surface area contributed by atoms with Crippen molar-refractivity contribution in [3.8, 4) is 0 Å². The van der Waals surface area contributed by atoms with Crippen molar-refractivity contribution in [2.45, 2.75) is 295 Å². The minimum Gasteiger partial charge on any atom is -0.481 e. The van der Waals surface area contributed by atoms with Crippen LogP contribution in [0.3, 0.4) is 0 Å². The second-order valence-electron chi connectivity index (χ2n) is 36.6. The molecule has 762 valence electrons. The van der Waals surface area contributed by atoms with Crippen molar-refractivity contribution < 1.29 is 96.5 Å². The third-order valence-electron chi connectivity index (χ3n) is 25.0. The number of aliphatic hydroxyl groups excluding tert-OH is 1. The van der Waals surface area contributed by atoms with E-state index in [9.17, 15) is 86.9 Å². The smallest absolute Gasteiger partial charge is 0.407 e. The number of aromatic nitrogens is 2. The first-order valence-corrected chi connectivity index (χ1v) is 49.1. The molecule has 1 saturated carbocycles. The van der Waals surface area contributed by atoms with Crippen LogP contribution in [0.4, 0.5) is 4.79 Å². The quantitative estimate of drug-likeness (QED) is 0.00745. The number of amides is 14. The van der Waals surface area contributed by atoms with Crippen LogP contribution in [0, 0.1) is 46.8 Å². The number of guanidine groups is 1. The number of aromatic amines is 1. The van der Waals surface area contributed by atoms with E-state index in [2.05, 4.69) is 84.2 Å². The van der Waals surface area contributed by atoms with E-state index in [0.29, 0.717) is 73.5 Å². The van der Waals surface area contributed by atoms with Crippen molar-refractivity contribution in [3.63, 3.8) is 0 Å². The van der Waals surface area contributed by atoms with Gasteiger partial charge >= 0.3 is 12.1 Å². The molecule has 1 aromatic heterocycles. The molecule has 0 bridgehead atoms. The number of benzene rings is 3. The zero-order valence-electron chi connectivity index (χ0n) is 80.4. The molecule has 41 nitrogen and oxygen atoms in total. The number of unbranched alkanes of at least 4 members (excludes halogenated alkanes) is 3. The van der Waals surface area contributed by atoms with Crippen molar-refractivity contribution in [1.82, 2.24) is 84.2 Å². The third kappa shape index (κ3) is 39.5. The largest absolute Gasteiger partial charge is 0.481 e. The first-order chi connectivity index (χ1) is 65.8. The molecule has 18 atom stereocenters. The van der Waals surface area contributed by atoms with Gasteiger partial charge in [0, 0.05) is 67.8 Å². The van der Waals surface area contributed by atoms with E-state index >= 15 is 4.79 Å². The van der Waals surface area contributed by atoms with E-state index in [1.807, 2.05) is 27.7 Å². The average molecular weight is 2040 g/mol. The molecule has 26 N–H and O–H groups in total. The lowest BCUT2D eigenvalue weighted by Crippen LogP contribution is -2.63. The molecule has 6 rings (SSSR count). The fraction of sp³-hybridized carbons (Fsp3) is 0.604. The van der Waals surface area contributed by atoms with Crippen molar-refractivity contribution >= 4 is 127 Å². The summed E-state index contributed by atoms with van der Waals surface area (Å²) in [5, 5.41) is 69.1. The summed E-state index contributed by atoms with van der Waals surface area (Å²) < 4.78 is 7.56. The summed E-state index contributed by atoms with van der Waals surface area (Å²) in [4.78, 5) is 237. The number of primary amides is 1. The Kier molecular flexibility index (Phi) is 49.9. The van der Waals surface area contributed by atoms with Gasteiger partial charge in [0.15, 0.2) is 5.96 Å². The van der Waals surface area contributed by atoms with Crippen LogP contribution < -0.4 is 97.4 Å². The molecule has 0 spiro atoms. The summed E-state index contributed by atoms with van der Waals surface area (Å²) >= 11 is 1.69. The summed E-state index contributed by atoms with van der Waals surface area (Å²) in [5.74, 6) is -14.3. The highest BCUT2D eigenvalue weighted by Crippen LogP contribution is 2.53. The Morgan fingerprint density at radius 1 is 0.493 bits per heavy atom. The Morgan fingerprint density at radius 3 is 1.34 bits per heavy atom. The molecule has 3 aromatic carbocycles. The fourth-order valence-corrected chi connectivity index (χ4v) is 17.5. The van der Waals surface area contributed by atoms with E-state index in [-0.39, 0.29) is 131 Å². The zero-order valence-corrected chi connectivity index (χ0v) is 82.5. The number of rotatable bonds is 64. The van der Waals surface area contributed by atoms with Crippen LogP contribution in [-0.4, -0.2) is 236 Å². The van der Waals surface area contributed by atoms with E-state index in [4.69, 9.17) is 33.1 Å². The first kappa shape index (κ1) is 115. The maximum atomic E-state index is 15.1. The molecule has 42 heteroatoms. The summed E-state index contributed by atoms with van der Waals surface area (Å²) in [7, 11) is 0. The zero-order chi connectivity index (χ0) is 102. The molecular formula is C96H146IN21O20. The number of aldehydes is 1. The minimum atomic E-state index is -1.87. The Labute approximate surface area is 819 Å². The predicted octanol–water partition coefficient (Wildman–Crippen LogP) is 1.58. The number of hydrogen-bond donors (Lipinski definition) is 22. The molecule has 1 heterocycles. The van der Waals surface area contributed by atoms with Crippen LogP contribution >= 0.6 is 22.6 Å². The number of hydrogen-bond acceptors (Lipinski definition) is 22. The molecule has 2 aliphatic carbocycles. The molecular weight excluding hydrogens is 1890 g/mol. The summed E-state index contributed by atoms with van der Waals surface area (Å²) in [6.45, 7) is 14.2. The molecule has 4 aromatic rings. The molecule has 0 aliphatic heterocycles. The summed E-state index contributed by atoms with van der Waals surface area (Å²) in [6, 6.07) is 7.32. The number of fused-ring (bicyclic) bond motifs is 2. The number of carbonyl (C=O) groups excluding carboxylic acids is 16. The normalized spacial score (nSPS) is 17.0. The van der Waals surface area contributed by atoms with Crippen LogP contribution in [0.15, 0.2) is 91.0 Å². The van der Waals surface area contributed by atoms with E-state index < -0.39 is 205 Å². The lowest BCUT2D eigenvalue weighted by atomic mass is 9.94. The number of carbonyl (C=O) groups is 17. The number of aliphatic carboxylic acids is 1. The second kappa shape index (κ2) is 60.0. The molecule has 0 saturated heterocycles. The lowest BCUT2D eigenvalue weighted by molar-refractivity contribution is -0.139. The van der Waals surface area contributed by atoms with Gasteiger partial charge in [-0.1, -0.05) is 159 Å². The number of nitrogens with one attached hydrogen (secondary N) is 16. The number of carboxylic acids is 1. The molecule has 2 aliphatic rings. The Balaban J connectivity index is 1.16. The summed E-state index contributed by atoms with van der Waals surface area (Å²) in [5.41, 5.74) is 27.1. The third-order valence-corrected chi connectivity index (χ3v) is 25.7. The first-order valence-electron chi connectivity index (χ1n) is 48.0. The van der Waals surface area contributed by atoms with Gasteiger partial charge in [-0.3, -0.25) is 82.0 Å². The molecule has 14 amide bonds. The lowest BCUT2D eigenvalue weighted by Gasteiger charge is -2.31. The maximum absolute atomic E-state index is 15.1. The van der Waals surface area contributed by atoms with E-state index in [1.54, 1.807) is 141 Å². The molecule has 138 heavy (non-hydrogen) atoms. The Bertz CT molecular complexity index is 4660. The number of halogens is 1. The number of ether oxygens (including phenoxy) is 1. The van der Waals surface area contributed by atoms with Crippen LogP contribution in [0.5, 0.6) is 0 Å². The molecule has 5 unspecified atom stereocenters.